The summed E-state index contributed by atoms with van der Waals surface area (Å²) in [6, 6.07) is 18.6. The number of aromatic nitrogens is 1. The molecule has 0 saturated heterocycles. The predicted octanol–water partition coefficient (Wildman–Crippen LogP) is 6.44. The van der Waals surface area contributed by atoms with Crippen molar-refractivity contribution in [2.24, 2.45) is 0 Å². The van der Waals surface area contributed by atoms with Crippen LogP contribution in [0.5, 0.6) is 0 Å². The number of hydrogen-bond donors (Lipinski definition) is 0. The van der Waals surface area contributed by atoms with Crippen LogP contribution < -0.4 is 0 Å². The van der Waals surface area contributed by atoms with Crippen LogP contribution in [0.25, 0.3) is 21.3 Å². The first-order chi connectivity index (χ1) is 12.1. The second-order valence-corrected chi connectivity index (χ2v) is 8.90. The number of halogens is 2. The van der Waals surface area contributed by atoms with E-state index in [1.807, 2.05) is 36.4 Å². The molecule has 2 heterocycles. The van der Waals surface area contributed by atoms with Crippen molar-refractivity contribution in [3.63, 3.8) is 0 Å². The highest BCUT2D eigenvalue weighted by Gasteiger charge is 2.20. The molecular weight excluding hydrogens is 393 g/mol. The first-order valence-electron chi connectivity index (χ1n) is 7.44. The molecule has 0 saturated carbocycles. The van der Waals surface area contributed by atoms with Gasteiger partial charge in [0.1, 0.15) is 9.04 Å². The Morgan fingerprint density at radius 2 is 1.52 bits per heavy atom. The Kier molecular flexibility index (Phi) is 4.61. The van der Waals surface area contributed by atoms with Gasteiger partial charge >= 0.3 is 0 Å². The molecule has 2 nitrogen and oxygen atoms in total. The fourth-order valence-corrected chi connectivity index (χ4v) is 5.59. The van der Waals surface area contributed by atoms with Crippen LogP contribution in [0.4, 0.5) is 0 Å². The largest absolute Gasteiger partial charge is 0.248 e. The van der Waals surface area contributed by atoms with E-state index in [9.17, 15) is 4.21 Å². The molecule has 4 aromatic rings. The minimum absolute atomic E-state index is 0.622. The lowest BCUT2D eigenvalue weighted by Crippen LogP contribution is -1.92. The first-order valence-corrected chi connectivity index (χ1v) is 10.2. The summed E-state index contributed by atoms with van der Waals surface area (Å²) < 4.78 is 14.0. The van der Waals surface area contributed by atoms with Crippen LogP contribution in [0.2, 0.25) is 10.0 Å². The van der Waals surface area contributed by atoms with Crippen LogP contribution in [0.3, 0.4) is 0 Å². The Morgan fingerprint density at radius 1 is 0.880 bits per heavy atom. The van der Waals surface area contributed by atoms with Gasteiger partial charge < -0.3 is 0 Å². The number of rotatable bonds is 3. The smallest absolute Gasteiger partial charge is 0.125 e. The average Bonchev–Trinajstić information content (AvgIpc) is 3.02. The summed E-state index contributed by atoms with van der Waals surface area (Å²) in [5.74, 6) is 0. The van der Waals surface area contributed by atoms with Crippen LogP contribution >= 0.6 is 34.5 Å². The molecule has 1 atom stereocenters. The zero-order valence-corrected chi connectivity index (χ0v) is 15.9. The van der Waals surface area contributed by atoms with Crippen LogP contribution in [-0.4, -0.2) is 9.19 Å². The fourth-order valence-electron chi connectivity index (χ4n) is 2.60. The lowest BCUT2D eigenvalue weighted by Gasteiger charge is -2.06. The minimum atomic E-state index is -1.32. The summed E-state index contributed by atoms with van der Waals surface area (Å²) >= 11 is 13.4. The highest BCUT2D eigenvalue weighted by atomic mass is 35.5. The first kappa shape index (κ1) is 16.7. The van der Waals surface area contributed by atoms with Gasteiger partial charge in [0, 0.05) is 32.1 Å². The maximum atomic E-state index is 13.2. The van der Waals surface area contributed by atoms with Crippen molar-refractivity contribution in [1.29, 1.82) is 0 Å². The van der Waals surface area contributed by atoms with Gasteiger partial charge in [0.2, 0.25) is 0 Å². The van der Waals surface area contributed by atoms with Gasteiger partial charge in [0.05, 0.1) is 10.8 Å². The standard InChI is InChI=1S/C19H11Cl2NOS2/c20-13-5-3-12(4-6-13)17-16-2-1-11-22-18(16)24-19(17)25(23)15-9-7-14(21)8-10-15/h1-11H. The molecule has 0 bridgehead atoms. The third-order valence-corrected chi connectivity index (χ3v) is 7.12. The Balaban J connectivity index is 1.94. The second kappa shape index (κ2) is 6.89. The van der Waals surface area contributed by atoms with Crippen LogP contribution in [0.15, 0.2) is 76.0 Å². The predicted molar refractivity (Wildman–Crippen MR) is 106 cm³/mol. The van der Waals surface area contributed by atoms with Crippen molar-refractivity contribution in [2.45, 2.75) is 9.10 Å². The Labute approximate surface area is 161 Å². The molecule has 0 N–H and O–H groups in total. The molecule has 0 aliphatic heterocycles. The van der Waals surface area contributed by atoms with Crippen LogP contribution in [-0.2, 0) is 10.8 Å². The van der Waals surface area contributed by atoms with E-state index in [0.29, 0.717) is 14.9 Å². The summed E-state index contributed by atoms with van der Waals surface area (Å²) in [6.45, 7) is 0. The Hall–Kier alpha value is -1.72. The molecule has 4 rings (SSSR count). The average molecular weight is 404 g/mol. The SMILES string of the molecule is O=S(c1ccc(Cl)cc1)c1sc2ncccc2c1-c1ccc(Cl)cc1. The highest BCUT2D eigenvalue weighted by Crippen LogP contribution is 2.41. The van der Waals surface area contributed by atoms with Gasteiger partial charge in [-0.15, -0.1) is 11.3 Å². The molecule has 2 aromatic carbocycles. The Bertz CT molecular complexity index is 1070. The zero-order valence-electron chi connectivity index (χ0n) is 12.8. The monoisotopic (exact) mass is 403 g/mol. The molecular formula is C19H11Cl2NOS2. The second-order valence-electron chi connectivity index (χ2n) is 5.35. The van der Waals surface area contributed by atoms with Crippen molar-refractivity contribution in [2.75, 3.05) is 0 Å². The minimum Gasteiger partial charge on any atom is -0.248 e. The lowest BCUT2D eigenvalue weighted by molar-refractivity contribution is 0.684. The van der Waals surface area contributed by atoms with E-state index in [1.54, 1.807) is 30.5 Å². The molecule has 0 amide bonds. The van der Waals surface area contributed by atoms with Gasteiger partial charge in [0.15, 0.2) is 0 Å². The maximum Gasteiger partial charge on any atom is 0.125 e. The van der Waals surface area contributed by atoms with Crippen molar-refractivity contribution < 1.29 is 4.21 Å². The van der Waals surface area contributed by atoms with Crippen molar-refractivity contribution in [1.82, 2.24) is 4.98 Å². The topological polar surface area (TPSA) is 30.0 Å². The number of hydrogen-bond acceptors (Lipinski definition) is 3. The van der Waals surface area contributed by atoms with Crippen LogP contribution in [0, 0.1) is 0 Å². The molecule has 0 aliphatic carbocycles. The number of pyridine rings is 1. The number of thiophene rings is 1. The molecule has 2 aromatic heterocycles. The summed E-state index contributed by atoms with van der Waals surface area (Å²) in [5.41, 5.74) is 1.92. The highest BCUT2D eigenvalue weighted by molar-refractivity contribution is 7.87. The van der Waals surface area contributed by atoms with E-state index in [1.165, 1.54) is 11.3 Å². The van der Waals surface area contributed by atoms with Crippen molar-refractivity contribution >= 4 is 55.6 Å². The van der Waals surface area contributed by atoms with E-state index < -0.39 is 10.8 Å². The van der Waals surface area contributed by atoms with E-state index >= 15 is 0 Å². The third-order valence-electron chi connectivity index (χ3n) is 3.76. The zero-order chi connectivity index (χ0) is 17.4. The molecule has 0 spiro atoms. The van der Waals surface area contributed by atoms with E-state index in [2.05, 4.69) is 4.98 Å². The fraction of sp³-hybridized carbons (Fsp3) is 0. The quantitative estimate of drug-likeness (QED) is 0.394. The molecule has 124 valence electrons. The normalized spacial score (nSPS) is 12.4. The molecule has 0 fully saturated rings. The number of benzene rings is 2. The van der Waals surface area contributed by atoms with Gasteiger partial charge in [-0.1, -0.05) is 35.3 Å². The number of nitrogens with zero attached hydrogens (tertiary/aromatic N) is 1. The molecule has 6 heteroatoms. The van der Waals surface area contributed by atoms with Gasteiger partial charge in [0.25, 0.3) is 0 Å². The summed E-state index contributed by atoms with van der Waals surface area (Å²) in [4.78, 5) is 6.01. The van der Waals surface area contributed by atoms with Gasteiger partial charge in [-0.25, -0.2) is 9.19 Å². The van der Waals surface area contributed by atoms with Crippen molar-refractivity contribution in [3.05, 3.63) is 76.9 Å². The van der Waals surface area contributed by atoms with Gasteiger partial charge in [-0.2, -0.15) is 0 Å². The molecule has 1 unspecified atom stereocenters. The van der Waals surface area contributed by atoms with Gasteiger partial charge in [-0.3, -0.25) is 0 Å². The van der Waals surface area contributed by atoms with E-state index in [0.717, 1.165) is 25.6 Å². The Morgan fingerprint density at radius 3 is 2.20 bits per heavy atom. The molecule has 25 heavy (non-hydrogen) atoms. The van der Waals surface area contributed by atoms with Crippen molar-refractivity contribution in [3.8, 4) is 11.1 Å². The molecule has 0 radical (unpaired) electrons. The summed E-state index contributed by atoms with van der Waals surface area (Å²) in [6.07, 6.45) is 1.75. The van der Waals surface area contributed by atoms with Gasteiger partial charge in [-0.05, 0) is 54.1 Å². The van der Waals surface area contributed by atoms with E-state index in [-0.39, 0.29) is 0 Å². The summed E-state index contributed by atoms with van der Waals surface area (Å²) in [7, 11) is -1.32. The number of fused-ring (bicyclic) bond motifs is 1. The van der Waals surface area contributed by atoms with E-state index in [4.69, 9.17) is 23.2 Å². The van der Waals surface area contributed by atoms with Crippen LogP contribution in [0.1, 0.15) is 0 Å². The summed E-state index contributed by atoms with van der Waals surface area (Å²) in [5, 5.41) is 2.28. The lowest BCUT2D eigenvalue weighted by atomic mass is 10.1. The maximum absolute atomic E-state index is 13.2. The molecule has 0 aliphatic rings. The third kappa shape index (κ3) is 3.23.